The summed E-state index contributed by atoms with van der Waals surface area (Å²) in [5.74, 6) is 0. The van der Waals surface area contributed by atoms with E-state index in [-0.39, 0.29) is 0 Å². The molecule has 3 nitrogen and oxygen atoms in total. The van der Waals surface area contributed by atoms with Gasteiger partial charge >= 0.3 is 0 Å². The molecule has 0 radical (unpaired) electrons. The maximum atomic E-state index is 8.91. The third-order valence-corrected chi connectivity index (χ3v) is 3.01. The van der Waals surface area contributed by atoms with Crippen molar-refractivity contribution in [2.45, 2.75) is 13.0 Å². The molecule has 0 aliphatic carbocycles. The summed E-state index contributed by atoms with van der Waals surface area (Å²) in [7, 11) is 0. The molecule has 3 heteroatoms. The van der Waals surface area contributed by atoms with E-state index in [2.05, 4.69) is 28.1 Å². The predicted molar refractivity (Wildman–Crippen MR) is 75.3 cm³/mol. The van der Waals surface area contributed by atoms with Gasteiger partial charge in [-0.25, -0.2) is 0 Å². The van der Waals surface area contributed by atoms with Crippen LogP contribution in [0, 0.1) is 11.3 Å². The molecule has 1 aromatic heterocycles. The minimum Gasteiger partial charge on any atom is -0.286 e. The molecule has 2 aromatic rings. The Kier molecular flexibility index (Phi) is 5.09. The van der Waals surface area contributed by atoms with E-state index in [1.807, 2.05) is 30.3 Å². The number of hydrogen-bond donors (Lipinski definition) is 0. The fourth-order valence-electron chi connectivity index (χ4n) is 1.99. The first-order chi connectivity index (χ1) is 9.38. The molecule has 0 aliphatic rings. The molecule has 0 unspecified atom stereocenters. The van der Waals surface area contributed by atoms with Gasteiger partial charge in [0, 0.05) is 25.5 Å². The largest absolute Gasteiger partial charge is 0.286 e. The highest BCUT2D eigenvalue weighted by atomic mass is 15.1. The SMILES string of the molecule is N#CCN(CCc1ccncc1)Cc1ccccc1. The van der Waals surface area contributed by atoms with E-state index in [4.69, 9.17) is 5.26 Å². The summed E-state index contributed by atoms with van der Waals surface area (Å²) in [6.07, 6.45) is 4.55. The van der Waals surface area contributed by atoms with Crippen LogP contribution in [0.15, 0.2) is 54.9 Å². The van der Waals surface area contributed by atoms with E-state index in [0.717, 1.165) is 19.5 Å². The fourth-order valence-corrected chi connectivity index (χ4v) is 1.99. The molecule has 0 bridgehead atoms. The quantitative estimate of drug-likeness (QED) is 0.741. The molecule has 1 heterocycles. The first-order valence-corrected chi connectivity index (χ1v) is 6.40. The zero-order chi connectivity index (χ0) is 13.3. The van der Waals surface area contributed by atoms with Crippen molar-refractivity contribution in [1.82, 2.24) is 9.88 Å². The lowest BCUT2D eigenvalue weighted by Crippen LogP contribution is -2.26. The fraction of sp³-hybridized carbons (Fsp3) is 0.250. The number of pyridine rings is 1. The molecule has 0 saturated heterocycles. The minimum absolute atomic E-state index is 0.458. The third-order valence-electron chi connectivity index (χ3n) is 3.01. The Morgan fingerprint density at radius 1 is 1.00 bits per heavy atom. The zero-order valence-electron chi connectivity index (χ0n) is 10.9. The van der Waals surface area contributed by atoms with Crippen LogP contribution in [-0.2, 0) is 13.0 Å². The molecule has 0 atom stereocenters. The standard InChI is InChI=1S/C16H17N3/c17-9-13-19(14-16-4-2-1-3-5-16)12-8-15-6-10-18-11-7-15/h1-7,10-11H,8,12-14H2. The molecule has 0 N–H and O–H groups in total. The van der Waals surface area contributed by atoms with Gasteiger partial charge in [0.25, 0.3) is 0 Å². The Labute approximate surface area is 114 Å². The van der Waals surface area contributed by atoms with Crippen LogP contribution in [0.5, 0.6) is 0 Å². The number of hydrogen-bond acceptors (Lipinski definition) is 3. The first kappa shape index (κ1) is 13.3. The van der Waals surface area contributed by atoms with E-state index >= 15 is 0 Å². The number of rotatable bonds is 6. The van der Waals surface area contributed by atoms with E-state index in [9.17, 15) is 0 Å². The van der Waals surface area contributed by atoms with Crippen molar-refractivity contribution in [3.8, 4) is 6.07 Å². The van der Waals surface area contributed by atoms with E-state index < -0.39 is 0 Å². The summed E-state index contributed by atoms with van der Waals surface area (Å²) in [5.41, 5.74) is 2.50. The molecule has 0 fully saturated rings. The van der Waals surface area contributed by atoms with Gasteiger partial charge in [-0.15, -0.1) is 0 Å². The molecule has 96 valence electrons. The topological polar surface area (TPSA) is 39.9 Å². The highest BCUT2D eigenvalue weighted by molar-refractivity contribution is 5.15. The molecule has 2 rings (SSSR count). The van der Waals surface area contributed by atoms with Gasteiger partial charge in [0.15, 0.2) is 0 Å². The van der Waals surface area contributed by atoms with E-state index in [0.29, 0.717) is 6.54 Å². The van der Waals surface area contributed by atoms with Crippen molar-refractivity contribution in [3.05, 3.63) is 66.0 Å². The van der Waals surface area contributed by atoms with Crippen LogP contribution >= 0.6 is 0 Å². The Hall–Kier alpha value is -2.18. The van der Waals surface area contributed by atoms with Crippen molar-refractivity contribution >= 4 is 0 Å². The zero-order valence-corrected chi connectivity index (χ0v) is 10.9. The summed E-state index contributed by atoms with van der Waals surface area (Å²) in [6.45, 7) is 2.16. The van der Waals surface area contributed by atoms with E-state index in [1.165, 1.54) is 11.1 Å². The first-order valence-electron chi connectivity index (χ1n) is 6.40. The van der Waals surface area contributed by atoms with Crippen LogP contribution in [0.25, 0.3) is 0 Å². The Morgan fingerprint density at radius 3 is 2.42 bits per heavy atom. The number of nitriles is 1. The maximum absolute atomic E-state index is 8.91. The molecule has 0 saturated carbocycles. The van der Waals surface area contributed by atoms with Gasteiger partial charge in [0.1, 0.15) is 0 Å². The molecular formula is C16H17N3. The van der Waals surface area contributed by atoms with Crippen LogP contribution in [0.1, 0.15) is 11.1 Å². The van der Waals surface area contributed by atoms with Crippen molar-refractivity contribution in [1.29, 1.82) is 5.26 Å². The molecule has 0 spiro atoms. The summed E-state index contributed by atoms with van der Waals surface area (Å²) in [6, 6.07) is 16.5. The third kappa shape index (κ3) is 4.53. The Morgan fingerprint density at radius 2 is 1.74 bits per heavy atom. The van der Waals surface area contributed by atoms with Gasteiger partial charge < -0.3 is 0 Å². The summed E-state index contributed by atoms with van der Waals surface area (Å²) in [5, 5.41) is 8.91. The number of aromatic nitrogens is 1. The second-order valence-corrected chi connectivity index (χ2v) is 4.46. The second-order valence-electron chi connectivity index (χ2n) is 4.46. The average molecular weight is 251 g/mol. The van der Waals surface area contributed by atoms with Gasteiger partial charge in [-0.1, -0.05) is 30.3 Å². The summed E-state index contributed by atoms with van der Waals surface area (Å²) < 4.78 is 0. The van der Waals surface area contributed by atoms with E-state index in [1.54, 1.807) is 12.4 Å². The average Bonchev–Trinajstić information content (AvgIpc) is 2.47. The van der Waals surface area contributed by atoms with Crippen molar-refractivity contribution < 1.29 is 0 Å². The highest BCUT2D eigenvalue weighted by Crippen LogP contribution is 2.06. The van der Waals surface area contributed by atoms with Gasteiger partial charge in [0.2, 0.25) is 0 Å². The lowest BCUT2D eigenvalue weighted by atomic mass is 10.1. The minimum atomic E-state index is 0.458. The maximum Gasteiger partial charge on any atom is 0.0868 e. The van der Waals surface area contributed by atoms with Crippen LogP contribution in [0.2, 0.25) is 0 Å². The van der Waals surface area contributed by atoms with Crippen LogP contribution in [0.4, 0.5) is 0 Å². The van der Waals surface area contributed by atoms with Crippen molar-refractivity contribution in [2.75, 3.05) is 13.1 Å². The van der Waals surface area contributed by atoms with Gasteiger partial charge in [-0.2, -0.15) is 5.26 Å². The van der Waals surface area contributed by atoms with Crippen molar-refractivity contribution in [2.24, 2.45) is 0 Å². The van der Waals surface area contributed by atoms with Gasteiger partial charge in [-0.05, 0) is 29.7 Å². The van der Waals surface area contributed by atoms with Crippen molar-refractivity contribution in [3.63, 3.8) is 0 Å². The molecule has 0 aliphatic heterocycles. The van der Waals surface area contributed by atoms with Gasteiger partial charge in [0.05, 0.1) is 12.6 Å². The monoisotopic (exact) mass is 251 g/mol. The van der Waals surface area contributed by atoms with Gasteiger partial charge in [-0.3, -0.25) is 9.88 Å². The number of nitrogens with zero attached hydrogens (tertiary/aromatic N) is 3. The molecule has 1 aromatic carbocycles. The number of benzene rings is 1. The normalized spacial score (nSPS) is 10.3. The van der Waals surface area contributed by atoms with Crippen LogP contribution < -0.4 is 0 Å². The summed E-state index contributed by atoms with van der Waals surface area (Å²) >= 11 is 0. The lowest BCUT2D eigenvalue weighted by molar-refractivity contribution is 0.301. The second kappa shape index (κ2) is 7.30. The smallest absolute Gasteiger partial charge is 0.0868 e. The molecule has 19 heavy (non-hydrogen) atoms. The molecule has 0 amide bonds. The van der Waals surface area contributed by atoms with Crippen LogP contribution in [-0.4, -0.2) is 23.0 Å². The highest BCUT2D eigenvalue weighted by Gasteiger charge is 2.05. The Balaban J connectivity index is 1.91. The van der Waals surface area contributed by atoms with Crippen LogP contribution in [0.3, 0.4) is 0 Å². The Bertz CT molecular complexity index is 517. The summed E-state index contributed by atoms with van der Waals surface area (Å²) in [4.78, 5) is 6.17. The predicted octanol–water partition coefficient (Wildman–Crippen LogP) is 2.65. The molecular weight excluding hydrogens is 234 g/mol. The lowest BCUT2D eigenvalue weighted by Gasteiger charge is -2.19.